The number of hydrogen-bond donors (Lipinski definition) is 0. The highest BCUT2D eigenvalue weighted by molar-refractivity contribution is 7.09. The molecule has 3 aromatic rings. The Morgan fingerprint density at radius 3 is 2.61 bits per heavy atom. The summed E-state index contributed by atoms with van der Waals surface area (Å²) in [5.74, 6) is 0.202. The molecule has 0 saturated carbocycles. The maximum absolute atomic E-state index is 13.0. The number of amides is 1. The van der Waals surface area contributed by atoms with Gasteiger partial charge in [-0.15, -0.1) is 11.3 Å². The number of nitrogens with zero attached hydrogens (tertiary/aromatic N) is 2. The van der Waals surface area contributed by atoms with E-state index in [1.165, 1.54) is 0 Å². The Morgan fingerprint density at radius 2 is 1.97 bits per heavy atom. The summed E-state index contributed by atoms with van der Waals surface area (Å²) in [5.41, 5.74) is 3.93. The second-order valence-corrected chi connectivity index (χ2v) is 8.83. The molecule has 0 saturated heterocycles. The van der Waals surface area contributed by atoms with Crippen LogP contribution in [-0.4, -0.2) is 29.1 Å². The predicted octanol–water partition coefficient (Wildman–Crippen LogP) is 5.00. The molecular weight excluding hydrogens is 412 g/mol. The number of ether oxygens (including phenoxy) is 2. The Hall–Kier alpha value is -3.19. The zero-order valence-corrected chi connectivity index (χ0v) is 18.7. The molecule has 0 N–H and O–H groups in total. The third kappa shape index (κ3) is 4.46. The predicted molar refractivity (Wildman–Crippen MR) is 121 cm³/mol. The van der Waals surface area contributed by atoms with Crippen LogP contribution in [0.25, 0.3) is 11.3 Å². The molecule has 2 heterocycles. The number of carbonyl (C=O) groups excluding carboxylic acids is 2. The second kappa shape index (κ2) is 8.51. The van der Waals surface area contributed by atoms with Gasteiger partial charge in [-0.05, 0) is 63.6 Å². The van der Waals surface area contributed by atoms with Crippen LogP contribution in [0.5, 0.6) is 5.75 Å². The molecule has 4 rings (SSSR count). The first kappa shape index (κ1) is 21.1. The molecule has 1 amide bonds. The Morgan fingerprint density at radius 1 is 1.23 bits per heavy atom. The SMILES string of the molecule is Cc1nc(-c2ccc3c(c2)N(Cc2ccc(C(=O)OC(C)C)cc2)C(=O)C(C)O3)cs1. The van der Waals surface area contributed by atoms with Crippen LogP contribution in [0.4, 0.5) is 5.69 Å². The van der Waals surface area contributed by atoms with E-state index in [1.54, 1.807) is 35.3 Å². The first-order valence-corrected chi connectivity index (χ1v) is 11.0. The molecule has 0 radical (unpaired) electrons. The van der Waals surface area contributed by atoms with Gasteiger partial charge in [0.15, 0.2) is 6.10 Å². The highest BCUT2D eigenvalue weighted by Gasteiger charge is 2.32. The van der Waals surface area contributed by atoms with Crippen LogP contribution in [0.2, 0.25) is 0 Å². The van der Waals surface area contributed by atoms with Gasteiger partial charge in [0.25, 0.3) is 5.91 Å². The summed E-state index contributed by atoms with van der Waals surface area (Å²) in [7, 11) is 0. The van der Waals surface area contributed by atoms with Gasteiger partial charge in [0.2, 0.25) is 0 Å². The van der Waals surface area contributed by atoms with Crippen molar-refractivity contribution in [1.82, 2.24) is 4.98 Å². The van der Waals surface area contributed by atoms with Crippen LogP contribution in [0.15, 0.2) is 47.8 Å². The standard InChI is InChI=1S/C24H24N2O4S/c1-14(2)29-24(28)18-7-5-17(6-8-18)12-26-21-11-19(20-13-31-16(4)25-20)9-10-22(21)30-15(3)23(26)27/h5-11,13-15H,12H2,1-4H3. The van der Waals surface area contributed by atoms with Crippen LogP contribution < -0.4 is 9.64 Å². The molecule has 1 aliphatic rings. The molecule has 1 aliphatic heterocycles. The zero-order valence-electron chi connectivity index (χ0n) is 17.9. The summed E-state index contributed by atoms with van der Waals surface area (Å²) in [6.07, 6.45) is -0.744. The van der Waals surface area contributed by atoms with Gasteiger partial charge in [-0.25, -0.2) is 9.78 Å². The molecule has 1 atom stereocenters. The molecule has 1 unspecified atom stereocenters. The van der Waals surface area contributed by atoms with Gasteiger partial charge in [0.05, 0.1) is 34.6 Å². The zero-order chi connectivity index (χ0) is 22.1. The number of esters is 1. The third-order valence-corrected chi connectivity index (χ3v) is 5.73. The summed E-state index contributed by atoms with van der Waals surface area (Å²) >= 11 is 1.59. The lowest BCUT2D eigenvalue weighted by atomic mass is 10.1. The normalized spacial score (nSPS) is 15.6. The van der Waals surface area contributed by atoms with Gasteiger partial charge >= 0.3 is 5.97 Å². The minimum atomic E-state index is -0.569. The molecule has 0 spiro atoms. The van der Waals surface area contributed by atoms with E-state index >= 15 is 0 Å². The average molecular weight is 437 g/mol. The number of rotatable bonds is 5. The van der Waals surface area contributed by atoms with Crippen LogP contribution in [0.1, 0.15) is 41.7 Å². The third-order valence-electron chi connectivity index (χ3n) is 4.96. The molecule has 7 heteroatoms. The van der Waals surface area contributed by atoms with E-state index in [9.17, 15) is 9.59 Å². The fourth-order valence-electron chi connectivity index (χ4n) is 3.44. The monoisotopic (exact) mass is 436 g/mol. The number of anilines is 1. The first-order chi connectivity index (χ1) is 14.8. The van der Waals surface area contributed by atoms with E-state index in [-0.39, 0.29) is 18.0 Å². The lowest BCUT2D eigenvalue weighted by molar-refractivity contribution is -0.125. The number of aromatic nitrogens is 1. The molecule has 6 nitrogen and oxygen atoms in total. The fourth-order valence-corrected chi connectivity index (χ4v) is 4.06. The van der Waals surface area contributed by atoms with Crippen molar-refractivity contribution in [1.29, 1.82) is 0 Å². The molecule has 0 fully saturated rings. The van der Waals surface area contributed by atoms with Crippen molar-refractivity contribution in [3.8, 4) is 17.0 Å². The Balaban J connectivity index is 1.62. The van der Waals surface area contributed by atoms with E-state index in [4.69, 9.17) is 9.47 Å². The molecular formula is C24H24N2O4S. The lowest BCUT2D eigenvalue weighted by Gasteiger charge is -2.33. The van der Waals surface area contributed by atoms with Crippen LogP contribution in [0.3, 0.4) is 0 Å². The van der Waals surface area contributed by atoms with E-state index in [0.717, 1.165) is 27.5 Å². The lowest BCUT2D eigenvalue weighted by Crippen LogP contribution is -2.44. The van der Waals surface area contributed by atoms with Gasteiger partial charge in [-0.3, -0.25) is 4.79 Å². The molecule has 1 aromatic heterocycles. The van der Waals surface area contributed by atoms with E-state index in [2.05, 4.69) is 4.98 Å². The van der Waals surface area contributed by atoms with Crippen LogP contribution in [-0.2, 0) is 16.1 Å². The minimum Gasteiger partial charge on any atom is -0.479 e. The van der Waals surface area contributed by atoms with E-state index in [0.29, 0.717) is 17.9 Å². The summed E-state index contributed by atoms with van der Waals surface area (Å²) in [6, 6.07) is 12.9. The van der Waals surface area contributed by atoms with Crippen LogP contribution >= 0.6 is 11.3 Å². The Kier molecular flexibility index (Phi) is 5.78. The molecule has 31 heavy (non-hydrogen) atoms. The van der Waals surface area contributed by atoms with Crippen molar-refractivity contribution in [2.45, 2.75) is 46.4 Å². The van der Waals surface area contributed by atoms with E-state index in [1.807, 2.05) is 56.5 Å². The topological polar surface area (TPSA) is 68.7 Å². The largest absolute Gasteiger partial charge is 0.479 e. The summed E-state index contributed by atoms with van der Waals surface area (Å²) in [4.78, 5) is 31.3. The number of fused-ring (bicyclic) bond motifs is 1. The fraction of sp³-hybridized carbons (Fsp3) is 0.292. The van der Waals surface area contributed by atoms with Crippen molar-refractivity contribution in [2.24, 2.45) is 0 Å². The molecule has 0 bridgehead atoms. The van der Waals surface area contributed by atoms with Gasteiger partial charge in [-0.2, -0.15) is 0 Å². The highest BCUT2D eigenvalue weighted by atomic mass is 32.1. The maximum atomic E-state index is 13.0. The number of carbonyl (C=O) groups is 2. The molecule has 160 valence electrons. The summed E-state index contributed by atoms with van der Waals surface area (Å²) < 4.78 is 11.1. The first-order valence-electron chi connectivity index (χ1n) is 10.2. The minimum absolute atomic E-state index is 0.109. The van der Waals surface area contributed by atoms with Crippen LogP contribution in [0, 0.1) is 6.92 Å². The second-order valence-electron chi connectivity index (χ2n) is 7.77. The van der Waals surface area contributed by atoms with Crippen molar-refractivity contribution >= 4 is 28.9 Å². The summed E-state index contributed by atoms with van der Waals surface area (Å²) in [5, 5.41) is 2.99. The smallest absolute Gasteiger partial charge is 0.338 e. The van der Waals surface area contributed by atoms with E-state index < -0.39 is 6.10 Å². The quantitative estimate of drug-likeness (QED) is 0.527. The van der Waals surface area contributed by atoms with Crippen molar-refractivity contribution in [3.05, 3.63) is 64.0 Å². The van der Waals surface area contributed by atoms with Crippen molar-refractivity contribution in [2.75, 3.05) is 4.90 Å². The molecule has 0 aliphatic carbocycles. The van der Waals surface area contributed by atoms with Gasteiger partial charge in [-0.1, -0.05) is 12.1 Å². The maximum Gasteiger partial charge on any atom is 0.338 e. The Bertz CT molecular complexity index is 1120. The number of hydrogen-bond acceptors (Lipinski definition) is 6. The average Bonchev–Trinajstić information content (AvgIpc) is 3.17. The van der Waals surface area contributed by atoms with Gasteiger partial charge in [0.1, 0.15) is 5.75 Å². The van der Waals surface area contributed by atoms with Crippen molar-refractivity contribution < 1.29 is 19.1 Å². The summed E-state index contributed by atoms with van der Waals surface area (Å²) in [6.45, 7) is 7.72. The highest BCUT2D eigenvalue weighted by Crippen LogP contribution is 2.38. The number of benzene rings is 2. The van der Waals surface area contributed by atoms with Gasteiger partial charge < -0.3 is 14.4 Å². The van der Waals surface area contributed by atoms with Crippen molar-refractivity contribution in [3.63, 3.8) is 0 Å². The molecule has 2 aromatic carbocycles. The Labute approximate surface area is 185 Å². The van der Waals surface area contributed by atoms with Gasteiger partial charge in [0, 0.05) is 10.9 Å². The number of thiazole rings is 1. The number of aryl methyl sites for hydroxylation is 1.